The Morgan fingerprint density at radius 3 is 2.39 bits per heavy atom. The Hall–Kier alpha value is -1.35. The Morgan fingerprint density at radius 1 is 1.06 bits per heavy atom. The molecule has 1 amide bonds. The van der Waals surface area contributed by atoms with Crippen LogP contribution >= 0.6 is 45.8 Å². The predicted octanol–water partition coefficient (Wildman–Crippen LogP) is 6.06. The Balaban J connectivity index is 1.66. The van der Waals surface area contributed by atoms with Gasteiger partial charge in [-0.1, -0.05) is 55.1 Å². The molecule has 0 aliphatic carbocycles. The molecule has 0 spiro atoms. The molecule has 31 heavy (non-hydrogen) atoms. The molecule has 1 fully saturated rings. The number of hydrogen-bond acceptors (Lipinski definition) is 4. The van der Waals surface area contributed by atoms with Crippen LogP contribution in [0.1, 0.15) is 44.2 Å². The monoisotopic (exact) mass is 570 g/mol. The maximum Gasteiger partial charge on any atom is 0.282 e. The number of hydrogen-bond donors (Lipinski definition) is 1. The first kappa shape index (κ1) is 22.8. The predicted molar refractivity (Wildman–Crippen MR) is 136 cm³/mol. The lowest BCUT2D eigenvalue weighted by Gasteiger charge is -2.28. The molecule has 2 unspecified atom stereocenters. The van der Waals surface area contributed by atoms with E-state index in [1.54, 1.807) is 12.1 Å². The fraction of sp³-hybridized carbons (Fsp3) is 0.391. The van der Waals surface area contributed by atoms with Crippen molar-refractivity contribution in [3.63, 3.8) is 0 Å². The molecule has 1 saturated heterocycles. The van der Waals surface area contributed by atoms with Crippen LogP contribution in [0, 0.1) is 9.49 Å². The lowest BCUT2D eigenvalue weighted by atomic mass is 9.91. The Labute approximate surface area is 206 Å². The Morgan fingerprint density at radius 2 is 1.74 bits per heavy atom. The maximum atomic E-state index is 13.2. The van der Waals surface area contributed by atoms with Gasteiger partial charge in [-0.3, -0.25) is 15.2 Å². The highest BCUT2D eigenvalue weighted by Crippen LogP contribution is 2.42. The molecule has 2 aliphatic rings. The van der Waals surface area contributed by atoms with E-state index >= 15 is 0 Å². The van der Waals surface area contributed by atoms with Crippen LogP contribution in [0.5, 0.6) is 0 Å². The van der Waals surface area contributed by atoms with Crippen molar-refractivity contribution in [2.45, 2.75) is 38.6 Å². The zero-order chi connectivity index (χ0) is 22.0. The number of rotatable bonds is 4. The third-order valence-electron chi connectivity index (χ3n) is 5.85. The first-order chi connectivity index (χ1) is 14.9. The fourth-order valence-corrected chi connectivity index (χ4v) is 5.08. The van der Waals surface area contributed by atoms with Crippen LogP contribution in [-0.2, 0) is 4.79 Å². The number of benzene rings is 2. The molecule has 2 aromatic rings. The van der Waals surface area contributed by atoms with Gasteiger partial charge in [0.05, 0.1) is 16.8 Å². The van der Waals surface area contributed by atoms with Gasteiger partial charge in [0.1, 0.15) is 5.71 Å². The summed E-state index contributed by atoms with van der Waals surface area (Å²) in [5.41, 5.74) is 5.42. The van der Waals surface area contributed by atoms with Crippen molar-refractivity contribution in [1.82, 2.24) is 10.4 Å². The molecular formula is C23H25Cl2IN4O. The van der Waals surface area contributed by atoms with Gasteiger partial charge in [-0.15, -0.1) is 0 Å². The molecule has 0 saturated carbocycles. The summed E-state index contributed by atoms with van der Waals surface area (Å²) in [6.45, 7) is 3.80. The maximum absolute atomic E-state index is 13.2. The van der Waals surface area contributed by atoms with Crippen molar-refractivity contribution in [3.05, 3.63) is 61.6 Å². The number of halogens is 3. The van der Waals surface area contributed by atoms with E-state index in [1.165, 1.54) is 12.8 Å². The molecular weight excluding hydrogens is 546 g/mol. The highest BCUT2D eigenvalue weighted by Gasteiger charge is 2.40. The van der Waals surface area contributed by atoms with Gasteiger partial charge in [-0.2, -0.15) is 5.10 Å². The third kappa shape index (κ3) is 5.18. The number of carbonyl (C=O) groups excluding carboxylic acids is 1. The average Bonchev–Trinajstić information content (AvgIpc) is 2.89. The minimum atomic E-state index is -0.141. The summed E-state index contributed by atoms with van der Waals surface area (Å²) in [6, 6.07) is 13.5. The topological polar surface area (TPSA) is 47.9 Å². The van der Waals surface area contributed by atoms with Crippen LogP contribution in [0.15, 0.2) is 47.6 Å². The molecule has 0 radical (unpaired) electrons. The van der Waals surface area contributed by atoms with E-state index < -0.39 is 0 Å². The summed E-state index contributed by atoms with van der Waals surface area (Å²) in [6.07, 6.45) is 4.61. The van der Waals surface area contributed by atoms with E-state index in [0.717, 1.165) is 40.8 Å². The largest absolute Gasteiger partial charge is 0.284 e. The van der Waals surface area contributed by atoms with E-state index in [-0.39, 0.29) is 17.9 Å². The second kappa shape index (κ2) is 10.1. The van der Waals surface area contributed by atoms with Gasteiger partial charge in [0.15, 0.2) is 0 Å². The molecule has 1 N–H and O–H groups in total. The number of hydrazone groups is 1. The van der Waals surface area contributed by atoms with E-state index in [1.807, 2.05) is 23.0 Å². The van der Waals surface area contributed by atoms with Gasteiger partial charge in [0.25, 0.3) is 5.91 Å². The molecule has 8 heteroatoms. The number of carbonyl (C=O) groups is 1. The molecule has 2 aliphatic heterocycles. The Kier molecular flexibility index (Phi) is 7.41. The lowest BCUT2D eigenvalue weighted by Crippen LogP contribution is -2.46. The molecule has 2 heterocycles. The number of hydrazine groups is 1. The van der Waals surface area contributed by atoms with Crippen LogP contribution < -0.4 is 10.4 Å². The van der Waals surface area contributed by atoms with Crippen LogP contribution in [0.4, 0.5) is 5.69 Å². The van der Waals surface area contributed by atoms with E-state index in [0.29, 0.717) is 15.8 Å². The van der Waals surface area contributed by atoms with Crippen molar-refractivity contribution in [2.75, 3.05) is 18.1 Å². The van der Waals surface area contributed by atoms with Gasteiger partial charge in [0, 0.05) is 27.6 Å². The van der Waals surface area contributed by atoms with Crippen molar-refractivity contribution in [2.24, 2.45) is 11.0 Å². The molecule has 5 nitrogen and oxygen atoms in total. The number of anilines is 1. The van der Waals surface area contributed by atoms with Gasteiger partial charge in [-0.05, 0) is 71.3 Å². The summed E-state index contributed by atoms with van der Waals surface area (Å²) in [5.74, 6) is -0.253. The number of nitrogens with zero attached hydrogens (tertiary/aromatic N) is 3. The van der Waals surface area contributed by atoms with Gasteiger partial charge < -0.3 is 0 Å². The SMILES string of the molecule is CC1C(C(=O)NN2CCCCCC2)=NN(c2ccc(Cl)cc2Cl)C1c1ccc(I)cc1. The summed E-state index contributed by atoms with van der Waals surface area (Å²) < 4.78 is 1.16. The average molecular weight is 571 g/mol. The van der Waals surface area contributed by atoms with E-state index in [4.69, 9.17) is 28.3 Å². The lowest BCUT2D eigenvalue weighted by molar-refractivity contribution is -0.119. The zero-order valence-electron chi connectivity index (χ0n) is 17.3. The van der Waals surface area contributed by atoms with Crippen molar-refractivity contribution in [3.8, 4) is 0 Å². The quantitative estimate of drug-likeness (QED) is 0.455. The smallest absolute Gasteiger partial charge is 0.282 e. The number of nitrogens with one attached hydrogen (secondary N) is 1. The van der Waals surface area contributed by atoms with Crippen molar-refractivity contribution in [1.29, 1.82) is 0 Å². The van der Waals surface area contributed by atoms with E-state index in [9.17, 15) is 4.79 Å². The third-order valence-corrected chi connectivity index (χ3v) is 7.11. The van der Waals surface area contributed by atoms with Crippen LogP contribution in [0.2, 0.25) is 10.0 Å². The van der Waals surface area contributed by atoms with Gasteiger partial charge >= 0.3 is 0 Å². The molecule has 2 atom stereocenters. The standard InChI is InChI=1S/C23H25Cl2IN4O/c1-15-21(23(31)28-29-12-4-2-3-5-13-29)27-30(20-11-8-17(24)14-19(20)25)22(15)16-6-9-18(26)10-7-16/h6-11,14-15,22H,2-5,12-13H2,1H3,(H,28,31). The van der Waals surface area contributed by atoms with Crippen molar-refractivity contribution < 1.29 is 4.79 Å². The first-order valence-electron chi connectivity index (χ1n) is 10.6. The summed E-state index contributed by atoms with van der Waals surface area (Å²) in [5, 5.41) is 9.75. The van der Waals surface area contributed by atoms with Crippen LogP contribution in [-0.4, -0.2) is 29.7 Å². The summed E-state index contributed by atoms with van der Waals surface area (Å²) in [7, 11) is 0. The number of amides is 1. The van der Waals surface area contributed by atoms with Crippen LogP contribution in [0.25, 0.3) is 0 Å². The molecule has 0 bridgehead atoms. The minimum Gasteiger partial charge on any atom is -0.284 e. The Bertz CT molecular complexity index is 974. The van der Waals surface area contributed by atoms with E-state index in [2.05, 4.69) is 52.3 Å². The first-order valence-corrected chi connectivity index (χ1v) is 12.4. The second-order valence-corrected chi connectivity index (χ2v) is 10.1. The van der Waals surface area contributed by atoms with Gasteiger partial charge in [0.2, 0.25) is 0 Å². The highest BCUT2D eigenvalue weighted by atomic mass is 127. The summed E-state index contributed by atoms with van der Waals surface area (Å²) >= 11 is 14.9. The zero-order valence-corrected chi connectivity index (χ0v) is 21.0. The molecule has 4 rings (SSSR count). The van der Waals surface area contributed by atoms with Gasteiger partial charge in [-0.25, -0.2) is 5.01 Å². The minimum absolute atomic E-state index is 0.112. The van der Waals surface area contributed by atoms with Crippen molar-refractivity contribution >= 4 is 63.1 Å². The summed E-state index contributed by atoms with van der Waals surface area (Å²) in [4.78, 5) is 13.2. The normalized spacial score (nSPS) is 22.2. The fourth-order valence-electron chi connectivity index (χ4n) is 4.23. The highest BCUT2D eigenvalue weighted by molar-refractivity contribution is 14.1. The molecule has 2 aromatic carbocycles. The molecule has 0 aromatic heterocycles. The molecule has 164 valence electrons. The second-order valence-electron chi connectivity index (χ2n) is 8.05. The van der Waals surface area contributed by atoms with Crippen LogP contribution in [0.3, 0.4) is 0 Å².